The maximum atomic E-state index is 5.67. The van der Waals surface area contributed by atoms with E-state index < -0.39 is 0 Å². The summed E-state index contributed by atoms with van der Waals surface area (Å²) >= 11 is 4.94. The van der Waals surface area contributed by atoms with Gasteiger partial charge in [0, 0.05) is 18.1 Å². The monoisotopic (exact) mass is 251 g/mol. The SMILES string of the molecule is NC(=S)c1cccc(COCC2CCOC2)c1. The molecule has 0 spiro atoms. The fraction of sp³-hybridized carbons (Fsp3) is 0.462. The van der Waals surface area contributed by atoms with Crippen LogP contribution >= 0.6 is 12.2 Å². The summed E-state index contributed by atoms with van der Waals surface area (Å²) in [5.74, 6) is 0.550. The predicted molar refractivity (Wildman–Crippen MR) is 70.9 cm³/mol. The Bertz CT molecular complexity index is 389. The second kappa shape index (κ2) is 6.10. The van der Waals surface area contributed by atoms with E-state index in [-0.39, 0.29) is 0 Å². The Morgan fingerprint density at radius 3 is 3.12 bits per heavy atom. The van der Waals surface area contributed by atoms with E-state index in [9.17, 15) is 0 Å². The zero-order valence-electron chi connectivity index (χ0n) is 9.72. The fourth-order valence-electron chi connectivity index (χ4n) is 1.87. The third-order valence-electron chi connectivity index (χ3n) is 2.86. The number of nitrogens with two attached hydrogens (primary N) is 1. The van der Waals surface area contributed by atoms with Gasteiger partial charge in [-0.3, -0.25) is 0 Å². The maximum Gasteiger partial charge on any atom is 0.103 e. The first-order valence-corrected chi connectivity index (χ1v) is 6.21. The third kappa shape index (κ3) is 3.77. The molecule has 0 aliphatic carbocycles. The normalized spacial score (nSPS) is 19.4. The lowest BCUT2D eigenvalue weighted by Gasteiger charge is -2.09. The molecule has 1 fully saturated rings. The molecule has 2 N–H and O–H groups in total. The van der Waals surface area contributed by atoms with Crippen LogP contribution in [0, 0.1) is 5.92 Å². The van der Waals surface area contributed by atoms with Crippen LogP contribution in [0.5, 0.6) is 0 Å². The highest BCUT2D eigenvalue weighted by Gasteiger charge is 2.15. The van der Waals surface area contributed by atoms with Crippen LogP contribution in [0.15, 0.2) is 24.3 Å². The standard InChI is InChI=1S/C13H17NO2S/c14-13(17)12-3-1-2-10(6-12)7-16-9-11-4-5-15-8-11/h1-3,6,11H,4-5,7-9H2,(H2,14,17). The average Bonchev–Trinajstić information content (AvgIpc) is 2.82. The summed E-state index contributed by atoms with van der Waals surface area (Å²) in [6.07, 6.45) is 1.10. The third-order valence-corrected chi connectivity index (χ3v) is 3.09. The molecule has 1 aromatic carbocycles. The Hall–Kier alpha value is -0.970. The van der Waals surface area contributed by atoms with E-state index in [1.807, 2.05) is 24.3 Å². The highest BCUT2D eigenvalue weighted by atomic mass is 32.1. The van der Waals surface area contributed by atoms with E-state index in [1.165, 1.54) is 0 Å². The van der Waals surface area contributed by atoms with Crippen molar-refractivity contribution in [1.82, 2.24) is 0 Å². The first-order valence-electron chi connectivity index (χ1n) is 5.80. The van der Waals surface area contributed by atoms with Gasteiger partial charge in [-0.25, -0.2) is 0 Å². The smallest absolute Gasteiger partial charge is 0.103 e. The number of benzene rings is 1. The van der Waals surface area contributed by atoms with Gasteiger partial charge in [0.2, 0.25) is 0 Å². The van der Waals surface area contributed by atoms with E-state index in [4.69, 9.17) is 27.4 Å². The lowest BCUT2D eigenvalue weighted by atomic mass is 10.1. The van der Waals surface area contributed by atoms with Crippen molar-refractivity contribution < 1.29 is 9.47 Å². The largest absolute Gasteiger partial charge is 0.389 e. The molecule has 0 saturated carbocycles. The summed E-state index contributed by atoms with van der Waals surface area (Å²) < 4.78 is 11.0. The maximum absolute atomic E-state index is 5.67. The second-order valence-corrected chi connectivity index (χ2v) is 4.75. The molecule has 1 aliphatic heterocycles. The zero-order chi connectivity index (χ0) is 12.1. The molecule has 92 valence electrons. The minimum absolute atomic E-state index is 0.427. The van der Waals surface area contributed by atoms with Crippen LogP contribution < -0.4 is 5.73 Å². The van der Waals surface area contributed by atoms with Crippen molar-refractivity contribution in [3.63, 3.8) is 0 Å². The van der Waals surface area contributed by atoms with E-state index in [0.29, 0.717) is 17.5 Å². The Kier molecular flexibility index (Phi) is 4.48. The summed E-state index contributed by atoms with van der Waals surface area (Å²) in [7, 11) is 0. The van der Waals surface area contributed by atoms with Gasteiger partial charge in [0.1, 0.15) is 4.99 Å². The highest BCUT2D eigenvalue weighted by molar-refractivity contribution is 7.80. The van der Waals surface area contributed by atoms with E-state index in [1.54, 1.807) is 0 Å². The van der Waals surface area contributed by atoms with Crippen LogP contribution in [0.25, 0.3) is 0 Å². The fourth-order valence-corrected chi connectivity index (χ4v) is 2.00. The number of ether oxygens (including phenoxy) is 2. The second-order valence-electron chi connectivity index (χ2n) is 4.31. The van der Waals surface area contributed by atoms with Crippen LogP contribution in [-0.2, 0) is 16.1 Å². The van der Waals surface area contributed by atoms with Crippen LogP contribution in [0.3, 0.4) is 0 Å². The van der Waals surface area contributed by atoms with E-state index in [0.717, 1.165) is 37.4 Å². The van der Waals surface area contributed by atoms with Crippen molar-refractivity contribution in [2.75, 3.05) is 19.8 Å². The van der Waals surface area contributed by atoms with Gasteiger partial charge in [0.25, 0.3) is 0 Å². The van der Waals surface area contributed by atoms with Gasteiger partial charge >= 0.3 is 0 Å². The Balaban J connectivity index is 1.81. The molecule has 1 aromatic rings. The molecule has 17 heavy (non-hydrogen) atoms. The van der Waals surface area contributed by atoms with Crippen LogP contribution in [0.2, 0.25) is 0 Å². The first kappa shape index (κ1) is 12.5. The Morgan fingerprint density at radius 2 is 2.41 bits per heavy atom. The van der Waals surface area contributed by atoms with Crippen LogP contribution in [-0.4, -0.2) is 24.8 Å². The van der Waals surface area contributed by atoms with Gasteiger partial charge in [-0.05, 0) is 18.1 Å². The predicted octanol–water partition coefficient (Wildman–Crippen LogP) is 1.87. The Morgan fingerprint density at radius 1 is 1.53 bits per heavy atom. The molecule has 1 atom stereocenters. The molecule has 1 aliphatic rings. The molecule has 1 heterocycles. The van der Waals surface area contributed by atoms with Crippen molar-refractivity contribution in [2.24, 2.45) is 11.7 Å². The van der Waals surface area contributed by atoms with Crippen molar-refractivity contribution >= 4 is 17.2 Å². The summed E-state index contributed by atoms with van der Waals surface area (Å²) in [6, 6.07) is 7.86. The molecular formula is C13H17NO2S. The number of thiocarbonyl (C=S) groups is 1. The van der Waals surface area contributed by atoms with Gasteiger partial charge in [0.05, 0.1) is 19.8 Å². The molecule has 0 bridgehead atoms. The van der Waals surface area contributed by atoms with E-state index in [2.05, 4.69) is 0 Å². The topological polar surface area (TPSA) is 44.5 Å². The minimum Gasteiger partial charge on any atom is -0.389 e. The van der Waals surface area contributed by atoms with Gasteiger partial charge in [0.15, 0.2) is 0 Å². The van der Waals surface area contributed by atoms with Crippen LogP contribution in [0.1, 0.15) is 17.5 Å². The Labute approximate surface area is 107 Å². The summed E-state index contributed by atoms with van der Waals surface area (Å²) in [4.78, 5) is 0.427. The number of rotatable bonds is 5. The van der Waals surface area contributed by atoms with Gasteiger partial charge < -0.3 is 15.2 Å². The van der Waals surface area contributed by atoms with Gasteiger partial charge in [-0.2, -0.15) is 0 Å². The number of hydrogen-bond acceptors (Lipinski definition) is 3. The summed E-state index contributed by atoms with van der Waals surface area (Å²) in [5, 5.41) is 0. The van der Waals surface area contributed by atoms with Crippen molar-refractivity contribution in [3.8, 4) is 0 Å². The lowest BCUT2D eigenvalue weighted by molar-refractivity contribution is 0.0791. The van der Waals surface area contributed by atoms with Gasteiger partial charge in [-0.15, -0.1) is 0 Å². The molecule has 3 nitrogen and oxygen atoms in total. The van der Waals surface area contributed by atoms with Crippen LogP contribution in [0.4, 0.5) is 0 Å². The minimum atomic E-state index is 0.427. The molecule has 0 amide bonds. The quantitative estimate of drug-likeness (QED) is 0.811. The number of hydrogen-bond donors (Lipinski definition) is 1. The molecule has 1 unspecified atom stereocenters. The molecule has 4 heteroatoms. The molecular weight excluding hydrogens is 234 g/mol. The van der Waals surface area contributed by atoms with Crippen molar-refractivity contribution in [3.05, 3.63) is 35.4 Å². The van der Waals surface area contributed by atoms with E-state index >= 15 is 0 Å². The summed E-state index contributed by atoms with van der Waals surface area (Å²) in [6.45, 7) is 3.06. The first-order chi connectivity index (χ1) is 8.25. The van der Waals surface area contributed by atoms with Gasteiger partial charge in [-0.1, -0.05) is 30.4 Å². The van der Waals surface area contributed by atoms with Crippen molar-refractivity contribution in [2.45, 2.75) is 13.0 Å². The summed E-state index contributed by atoms with van der Waals surface area (Å²) in [5.41, 5.74) is 7.58. The average molecular weight is 251 g/mol. The lowest BCUT2D eigenvalue weighted by Crippen LogP contribution is -2.11. The zero-order valence-corrected chi connectivity index (χ0v) is 10.5. The molecule has 1 saturated heterocycles. The molecule has 2 rings (SSSR count). The molecule has 0 radical (unpaired) electrons. The molecule has 0 aromatic heterocycles. The van der Waals surface area contributed by atoms with Crippen molar-refractivity contribution in [1.29, 1.82) is 0 Å². The highest BCUT2D eigenvalue weighted by Crippen LogP contribution is 2.14.